The molecule has 0 saturated carbocycles. The molecule has 0 spiro atoms. The molecule has 0 fully saturated rings. The number of fused-ring (bicyclic) bond motifs is 1. The van der Waals surface area contributed by atoms with Crippen molar-refractivity contribution in [1.82, 2.24) is 15.1 Å². The van der Waals surface area contributed by atoms with Gasteiger partial charge < -0.3 is 10.2 Å². The summed E-state index contributed by atoms with van der Waals surface area (Å²) in [4.78, 5) is 38.9. The summed E-state index contributed by atoms with van der Waals surface area (Å²) in [5.41, 5.74) is 1.71. The Bertz CT molecular complexity index is 921. The first-order chi connectivity index (χ1) is 12.9. The topological polar surface area (TPSA) is 84.3 Å². The Hall–Kier alpha value is -2.96. The molecule has 0 aliphatic carbocycles. The molecule has 7 heteroatoms. The highest BCUT2D eigenvalue weighted by Gasteiger charge is 2.32. The van der Waals surface area contributed by atoms with Gasteiger partial charge in [-0.3, -0.25) is 14.4 Å². The van der Waals surface area contributed by atoms with Crippen molar-refractivity contribution in [2.24, 2.45) is 0 Å². The fourth-order valence-corrected chi connectivity index (χ4v) is 3.23. The van der Waals surface area contributed by atoms with Crippen molar-refractivity contribution < 1.29 is 9.59 Å². The third-order valence-corrected chi connectivity index (χ3v) is 4.82. The summed E-state index contributed by atoms with van der Waals surface area (Å²) in [6.45, 7) is 5.62. The quantitative estimate of drug-likeness (QED) is 0.871. The van der Waals surface area contributed by atoms with Gasteiger partial charge in [-0.25, -0.2) is 4.68 Å². The molecule has 0 bridgehead atoms. The van der Waals surface area contributed by atoms with Gasteiger partial charge in [0.05, 0.1) is 0 Å². The van der Waals surface area contributed by atoms with Crippen molar-refractivity contribution in [3.63, 3.8) is 0 Å². The zero-order valence-electron chi connectivity index (χ0n) is 15.8. The van der Waals surface area contributed by atoms with Crippen molar-refractivity contribution in [3.8, 4) is 0 Å². The maximum absolute atomic E-state index is 13.0. The minimum absolute atomic E-state index is 0.00535. The van der Waals surface area contributed by atoms with E-state index in [0.717, 1.165) is 28.8 Å². The molecular weight excluding hydrogens is 344 g/mol. The summed E-state index contributed by atoms with van der Waals surface area (Å²) in [6.07, 6.45) is 1.57. The second-order valence-corrected chi connectivity index (χ2v) is 6.95. The molecule has 3 rings (SSSR count). The second kappa shape index (κ2) is 7.73. The van der Waals surface area contributed by atoms with Crippen LogP contribution < -0.4 is 15.8 Å². The number of carbonyl (C=O) groups excluding carboxylic acids is 2. The van der Waals surface area contributed by atoms with E-state index < -0.39 is 5.56 Å². The zero-order valence-corrected chi connectivity index (χ0v) is 15.8. The average Bonchev–Trinajstić information content (AvgIpc) is 2.98. The Labute approximate surface area is 158 Å². The standard InChI is InChI=1S/C20H24N4O3/c1-4-13(2)21-18(25)12-23-19(26)10-9-16(22-23)20(27)24-14(3)11-15-7-5-6-8-17(15)24/h5-10,13-14H,4,11-12H2,1-3H3,(H,21,25)/t13-,14+/m1/s1. The van der Waals surface area contributed by atoms with E-state index in [0.29, 0.717) is 0 Å². The van der Waals surface area contributed by atoms with Crippen LogP contribution in [0.15, 0.2) is 41.2 Å². The van der Waals surface area contributed by atoms with Crippen LogP contribution in [-0.2, 0) is 17.8 Å². The van der Waals surface area contributed by atoms with Crippen LogP contribution >= 0.6 is 0 Å². The summed E-state index contributed by atoms with van der Waals surface area (Å²) >= 11 is 0. The number of para-hydroxylation sites is 1. The molecular formula is C20H24N4O3. The minimum Gasteiger partial charge on any atom is -0.352 e. The van der Waals surface area contributed by atoms with Gasteiger partial charge in [0.1, 0.15) is 12.2 Å². The number of nitrogens with one attached hydrogen (secondary N) is 1. The van der Waals surface area contributed by atoms with E-state index in [1.54, 1.807) is 4.90 Å². The highest BCUT2D eigenvalue weighted by atomic mass is 16.2. The summed E-state index contributed by atoms with van der Waals surface area (Å²) in [6, 6.07) is 10.5. The van der Waals surface area contributed by atoms with Crippen LogP contribution in [0.25, 0.3) is 0 Å². The number of hydrogen-bond acceptors (Lipinski definition) is 4. The normalized spacial score (nSPS) is 16.7. The van der Waals surface area contributed by atoms with Gasteiger partial charge in [0.15, 0.2) is 0 Å². The predicted molar refractivity (Wildman–Crippen MR) is 103 cm³/mol. The maximum Gasteiger partial charge on any atom is 0.278 e. The first-order valence-corrected chi connectivity index (χ1v) is 9.19. The average molecular weight is 368 g/mol. The molecule has 1 aromatic heterocycles. The van der Waals surface area contributed by atoms with Gasteiger partial charge in [0.2, 0.25) is 5.91 Å². The smallest absolute Gasteiger partial charge is 0.278 e. The number of aromatic nitrogens is 2. The van der Waals surface area contributed by atoms with Crippen LogP contribution in [0.5, 0.6) is 0 Å². The Kier molecular flexibility index (Phi) is 5.39. The molecule has 7 nitrogen and oxygen atoms in total. The molecule has 2 atom stereocenters. The molecule has 1 aromatic carbocycles. The molecule has 1 aliphatic rings. The Morgan fingerprint density at radius 3 is 2.74 bits per heavy atom. The highest BCUT2D eigenvalue weighted by molar-refractivity contribution is 6.06. The van der Waals surface area contributed by atoms with Crippen molar-refractivity contribution in [2.75, 3.05) is 4.90 Å². The molecule has 27 heavy (non-hydrogen) atoms. The SMILES string of the molecule is CC[C@@H](C)NC(=O)Cn1nc(C(=O)N2c3ccccc3C[C@@H]2C)ccc1=O. The van der Waals surface area contributed by atoms with Crippen LogP contribution in [0.3, 0.4) is 0 Å². The molecule has 2 amide bonds. The molecule has 2 aromatic rings. The summed E-state index contributed by atoms with van der Waals surface area (Å²) in [5.74, 6) is -0.577. The minimum atomic E-state index is -0.416. The molecule has 1 N–H and O–H groups in total. The number of nitrogens with zero attached hydrogens (tertiary/aromatic N) is 3. The number of hydrogen-bond donors (Lipinski definition) is 1. The Morgan fingerprint density at radius 2 is 2.00 bits per heavy atom. The Morgan fingerprint density at radius 1 is 1.26 bits per heavy atom. The zero-order chi connectivity index (χ0) is 19.6. The van der Waals surface area contributed by atoms with E-state index in [9.17, 15) is 14.4 Å². The van der Waals surface area contributed by atoms with E-state index in [-0.39, 0.29) is 36.1 Å². The van der Waals surface area contributed by atoms with Gasteiger partial charge in [-0.1, -0.05) is 25.1 Å². The molecule has 0 unspecified atom stereocenters. The lowest BCUT2D eigenvalue weighted by Gasteiger charge is -2.22. The number of carbonyl (C=O) groups is 2. The molecule has 0 saturated heterocycles. The van der Waals surface area contributed by atoms with Crippen molar-refractivity contribution in [3.05, 3.63) is 58.0 Å². The van der Waals surface area contributed by atoms with E-state index >= 15 is 0 Å². The summed E-state index contributed by atoms with van der Waals surface area (Å²) < 4.78 is 1.04. The van der Waals surface area contributed by atoms with Crippen LogP contribution in [0, 0.1) is 0 Å². The number of anilines is 1. The van der Waals surface area contributed by atoms with E-state index in [4.69, 9.17) is 0 Å². The predicted octanol–water partition coefficient (Wildman–Crippen LogP) is 1.75. The Balaban J connectivity index is 1.84. The third-order valence-electron chi connectivity index (χ3n) is 4.82. The monoisotopic (exact) mass is 368 g/mol. The van der Waals surface area contributed by atoms with Gasteiger partial charge in [0, 0.05) is 23.8 Å². The highest BCUT2D eigenvalue weighted by Crippen LogP contribution is 2.32. The van der Waals surface area contributed by atoms with Gasteiger partial charge in [-0.15, -0.1) is 0 Å². The van der Waals surface area contributed by atoms with E-state index in [1.165, 1.54) is 12.1 Å². The lowest BCUT2D eigenvalue weighted by Crippen LogP contribution is -2.40. The van der Waals surface area contributed by atoms with Crippen LogP contribution in [0.2, 0.25) is 0 Å². The molecule has 2 heterocycles. The van der Waals surface area contributed by atoms with Gasteiger partial charge in [-0.2, -0.15) is 5.10 Å². The fraction of sp³-hybridized carbons (Fsp3) is 0.400. The van der Waals surface area contributed by atoms with Gasteiger partial charge in [-0.05, 0) is 44.4 Å². The largest absolute Gasteiger partial charge is 0.352 e. The van der Waals surface area contributed by atoms with Gasteiger partial charge >= 0.3 is 0 Å². The van der Waals surface area contributed by atoms with Crippen molar-refractivity contribution >= 4 is 17.5 Å². The third kappa shape index (κ3) is 3.92. The van der Waals surface area contributed by atoms with Crippen LogP contribution in [0.1, 0.15) is 43.2 Å². The summed E-state index contributed by atoms with van der Waals surface area (Å²) in [5, 5.41) is 6.94. The fourth-order valence-electron chi connectivity index (χ4n) is 3.23. The van der Waals surface area contributed by atoms with Crippen molar-refractivity contribution in [2.45, 2.75) is 52.2 Å². The number of amides is 2. The first-order valence-electron chi connectivity index (χ1n) is 9.19. The summed E-state index contributed by atoms with van der Waals surface area (Å²) in [7, 11) is 0. The lowest BCUT2D eigenvalue weighted by atomic mass is 10.1. The molecule has 1 aliphatic heterocycles. The van der Waals surface area contributed by atoms with Crippen LogP contribution in [-0.4, -0.2) is 33.7 Å². The second-order valence-electron chi connectivity index (χ2n) is 6.95. The molecule has 142 valence electrons. The number of benzene rings is 1. The van der Waals surface area contributed by atoms with Crippen molar-refractivity contribution in [1.29, 1.82) is 0 Å². The maximum atomic E-state index is 13.0. The van der Waals surface area contributed by atoms with Crippen LogP contribution in [0.4, 0.5) is 5.69 Å². The molecule has 0 radical (unpaired) electrons. The van der Waals surface area contributed by atoms with E-state index in [2.05, 4.69) is 10.4 Å². The first kappa shape index (κ1) is 18.8. The lowest BCUT2D eigenvalue weighted by molar-refractivity contribution is -0.122. The van der Waals surface area contributed by atoms with Gasteiger partial charge in [0.25, 0.3) is 11.5 Å². The number of rotatable bonds is 5. The van der Waals surface area contributed by atoms with E-state index in [1.807, 2.05) is 45.0 Å².